The number of nitrogens with zero attached hydrogens (tertiary/aromatic N) is 1. The lowest BCUT2D eigenvalue weighted by molar-refractivity contribution is 0.334. The third kappa shape index (κ3) is 4.18. The molecule has 0 saturated heterocycles. The van der Waals surface area contributed by atoms with Gasteiger partial charge in [-0.25, -0.2) is 0 Å². The molecular formula is C9H22ClN3O2S. The van der Waals surface area contributed by atoms with Crippen LogP contribution in [0.5, 0.6) is 0 Å². The van der Waals surface area contributed by atoms with E-state index < -0.39 is 10.2 Å². The van der Waals surface area contributed by atoms with Gasteiger partial charge >= 0.3 is 0 Å². The van der Waals surface area contributed by atoms with Gasteiger partial charge in [-0.3, -0.25) is 0 Å². The number of hydrogen-bond donors (Lipinski definition) is 2. The highest BCUT2D eigenvalue weighted by molar-refractivity contribution is 7.87. The van der Waals surface area contributed by atoms with Crippen molar-refractivity contribution in [1.82, 2.24) is 9.03 Å². The van der Waals surface area contributed by atoms with Gasteiger partial charge in [-0.1, -0.05) is 0 Å². The van der Waals surface area contributed by atoms with Crippen LogP contribution in [-0.2, 0) is 10.2 Å². The van der Waals surface area contributed by atoms with E-state index in [0.29, 0.717) is 12.5 Å². The third-order valence-corrected chi connectivity index (χ3v) is 4.44. The molecule has 3 N–H and O–H groups in total. The van der Waals surface area contributed by atoms with E-state index in [1.165, 1.54) is 4.31 Å². The van der Waals surface area contributed by atoms with Gasteiger partial charge in [0.05, 0.1) is 0 Å². The fourth-order valence-corrected chi connectivity index (χ4v) is 3.05. The fraction of sp³-hybridized carbons (Fsp3) is 1.00. The van der Waals surface area contributed by atoms with E-state index in [4.69, 9.17) is 5.73 Å². The maximum Gasteiger partial charge on any atom is 0.279 e. The highest BCUT2D eigenvalue weighted by atomic mass is 35.5. The van der Waals surface area contributed by atoms with Crippen LogP contribution in [0.3, 0.4) is 0 Å². The molecule has 0 aromatic rings. The molecule has 0 aromatic carbocycles. The van der Waals surface area contributed by atoms with E-state index in [1.54, 1.807) is 20.9 Å². The second-order valence-electron chi connectivity index (χ2n) is 4.43. The topological polar surface area (TPSA) is 75.4 Å². The molecule has 1 saturated carbocycles. The highest BCUT2D eigenvalue weighted by Crippen LogP contribution is 2.35. The maximum atomic E-state index is 11.8. The first-order valence-corrected chi connectivity index (χ1v) is 6.78. The first kappa shape index (κ1) is 16.1. The molecule has 5 nitrogen and oxygen atoms in total. The molecule has 0 spiro atoms. The molecule has 7 heteroatoms. The zero-order chi connectivity index (χ0) is 11.6. The zero-order valence-electron chi connectivity index (χ0n) is 10.0. The summed E-state index contributed by atoms with van der Waals surface area (Å²) in [6, 6.07) is -0.142. The van der Waals surface area contributed by atoms with Gasteiger partial charge in [-0.15, -0.1) is 12.4 Å². The van der Waals surface area contributed by atoms with Gasteiger partial charge < -0.3 is 5.73 Å². The van der Waals surface area contributed by atoms with E-state index in [9.17, 15) is 8.42 Å². The number of nitrogens with one attached hydrogen (secondary N) is 1. The summed E-state index contributed by atoms with van der Waals surface area (Å²) in [6.45, 7) is 4.00. The van der Waals surface area contributed by atoms with Crippen molar-refractivity contribution in [2.45, 2.75) is 38.8 Å². The summed E-state index contributed by atoms with van der Waals surface area (Å²) in [7, 11) is -1.77. The van der Waals surface area contributed by atoms with Crippen molar-refractivity contribution in [3.05, 3.63) is 0 Å². The lowest BCUT2D eigenvalue weighted by Crippen LogP contribution is -2.49. The standard InChI is InChI=1S/C9H21N3O2S.ClH/c1-7(2)11-15(13,14)12(3)9(6-10)8-4-5-8;/h7-9,11H,4-6,10H2,1-3H3;1H. The average Bonchev–Trinajstić information content (AvgIpc) is 2.87. The Kier molecular flexibility index (Phi) is 6.21. The SMILES string of the molecule is CC(C)NS(=O)(=O)N(C)C(CN)C1CC1.Cl. The molecular weight excluding hydrogens is 250 g/mol. The molecule has 1 unspecified atom stereocenters. The quantitative estimate of drug-likeness (QED) is 0.731. The monoisotopic (exact) mass is 271 g/mol. The van der Waals surface area contributed by atoms with E-state index in [2.05, 4.69) is 4.72 Å². The molecule has 0 bridgehead atoms. The van der Waals surface area contributed by atoms with Crippen molar-refractivity contribution in [3.8, 4) is 0 Å². The minimum atomic E-state index is -3.37. The molecule has 98 valence electrons. The van der Waals surface area contributed by atoms with Crippen molar-refractivity contribution in [1.29, 1.82) is 0 Å². The molecule has 1 aliphatic rings. The van der Waals surface area contributed by atoms with Crippen LogP contribution in [0, 0.1) is 5.92 Å². The number of halogens is 1. The van der Waals surface area contributed by atoms with Gasteiger partial charge in [0.2, 0.25) is 0 Å². The van der Waals surface area contributed by atoms with Gasteiger partial charge in [-0.05, 0) is 32.6 Å². The number of likely N-dealkylation sites (N-methyl/N-ethyl adjacent to an activating group) is 1. The lowest BCUT2D eigenvalue weighted by Gasteiger charge is -2.27. The molecule has 1 fully saturated rings. The summed E-state index contributed by atoms with van der Waals surface area (Å²) in [5.74, 6) is 0.448. The summed E-state index contributed by atoms with van der Waals surface area (Å²) in [6.07, 6.45) is 2.17. The van der Waals surface area contributed by atoms with Gasteiger partial charge in [0.15, 0.2) is 0 Å². The van der Waals surface area contributed by atoms with Gasteiger partial charge in [0, 0.05) is 25.7 Å². The second kappa shape index (κ2) is 6.16. The average molecular weight is 272 g/mol. The molecule has 0 amide bonds. The summed E-state index contributed by atoms with van der Waals surface area (Å²) in [4.78, 5) is 0. The van der Waals surface area contributed by atoms with Crippen LogP contribution >= 0.6 is 12.4 Å². The number of rotatable bonds is 6. The van der Waals surface area contributed by atoms with Crippen molar-refractivity contribution in [2.24, 2.45) is 11.7 Å². The lowest BCUT2D eigenvalue weighted by atomic mass is 10.2. The predicted molar refractivity (Wildman–Crippen MR) is 67.8 cm³/mol. The van der Waals surface area contributed by atoms with Crippen LogP contribution < -0.4 is 10.5 Å². The van der Waals surface area contributed by atoms with Crippen LogP contribution in [0.25, 0.3) is 0 Å². The van der Waals surface area contributed by atoms with Crippen LogP contribution in [0.4, 0.5) is 0 Å². The van der Waals surface area contributed by atoms with Gasteiger partial charge in [0.25, 0.3) is 10.2 Å². The van der Waals surface area contributed by atoms with Crippen LogP contribution in [0.1, 0.15) is 26.7 Å². The van der Waals surface area contributed by atoms with E-state index >= 15 is 0 Å². The van der Waals surface area contributed by atoms with Crippen LogP contribution in [-0.4, -0.2) is 38.4 Å². The molecule has 0 heterocycles. The van der Waals surface area contributed by atoms with Crippen molar-refractivity contribution >= 4 is 22.6 Å². The normalized spacial score (nSPS) is 18.6. The van der Waals surface area contributed by atoms with E-state index in [0.717, 1.165) is 12.8 Å². The van der Waals surface area contributed by atoms with Gasteiger partial charge in [-0.2, -0.15) is 17.4 Å². The molecule has 1 atom stereocenters. The number of hydrogen-bond acceptors (Lipinski definition) is 3. The van der Waals surface area contributed by atoms with Crippen molar-refractivity contribution in [3.63, 3.8) is 0 Å². The highest BCUT2D eigenvalue weighted by Gasteiger charge is 2.37. The number of nitrogens with two attached hydrogens (primary N) is 1. The summed E-state index contributed by atoms with van der Waals surface area (Å²) < 4.78 is 27.6. The van der Waals surface area contributed by atoms with Crippen LogP contribution in [0.15, 0.2) is 0 Å². The Bertz CT molecular complexity index is 304. The Morgan fingerprint density at radius 3 is 2.25 bits per heavy atom. The minimum absolute atomic E-state index is 0. The summed E-state index contributed by atoms with van der Waals surface area (Å²) in [5, 5.41) is 0. The molecule has 16 heavy (non-hydrogen) atoms. The molecule has 1 rings (SSSR count). The van der Waals surface area contributed by atoms with E-state index in [-0.39, 0.29) is 24.5 Å². The minimum Gasteiger partial charge on any atom is -0.329 e. The molecule has 0 radical (unpaired) electrons. The van der Waals surface area contributed by atoms with Crippen molar-refractivity contribution < 1.29 is 8.42 Å². The fourth-order valence-electron chi connectivity index (χ4n) is 1.68. The summed E-state index contributed by atoms with van der Waals surface area (Å²) in [5.41, 5.74) is 5.61. The van der Waals surface area contributed by atoms with Gasteiger partial charge in [0.1, 0.15) is 0 Å². The smallest absolute Gasteiger partial charge is 0.279 e. The second-order valence-corrected chi connectivity index (χ2v) is 6.20. The predicted octanol–water partition coefficient (Wildman–Crippen LogP) is 0.320. The Labute approximate surface area is 104 Å². The largest absolute Gasteiger partial charge is 0.329 e. The molecule has 1 aliphatic carbocycles. The zero-order valence-corrected chi connectivity index (χ0v) is 11.6. The molecule has 0 aliphatic heterocycles. The first-order chi connectivity index (χ1) is 6.88. The van der Waals surface area contributed by atoms with E-state index in [1.807, 2.05) is 0 Å². The Balaban J connectivity index is 0.00000225. The summed E-state index contributed by atoms with van der Waals surface area (Å²) >= 11 is 0. The van der Waals surface area contributed by atoms with Crippen LogP contribution in [0.2, 0.25) is 0 Å². The molecule has 0 aromatic heterocycles. The van der Waals surface area contributed by atoms with Crippen molar-refractivity contribution in [2.75, 3.05) is 13.6 Å². The Morgan fingerprint density at radius 2 is 1.94 bits per heavy atom. The first-order valence-electron chi connectivity index (χ1n) is 5.34. The Hall–Kier alpha value is 0.120. The Morgan fingerprint density at radius 1 is 1.44 bits per heavy atom. The third-order valence-electron chi connectivity index (χ3n) is 2.64. The maximum absolute atomic E-state index is 11.8.